The molecular weight excluding hydrogens is 369 g/mol. The maximum Gasteiger partial charge on any atom is 0.239 e. The second-order valence-electron chi connectivity index (χ2n) is 8.13. The first-order valence-electron chi connectivity index (χ1n) is 9.87. The Morgan fingerprint density at radius 1 is 1.00 bits per heavy atom. The number of carbonyl (C=O) groups excluding carboxylic acids is 2. The van der Waals surface area contributed by atoms with Crippen LogP contribution < -0.4 is 10.2 Å². The van der Waals surface area contributed by atoms with Crippen LogP contribution in [-0.2, 0) is 9.59 Å². The molecule has 0 unspecified atom stereocenters. The van der Waals surface area contributed by atoms with Gasteiger partial charge in [-0.2, -0.15) is 0 Å². The zero-order valence-electron chi connectivity index (χ0n) is 17.5. The van der Waals surface area contributed by atoms with E-state index in [1.807, 2.05) is 36.9 Å². The number of carbonyl (C=O) groups is 2. The second kappa shape index (κ2) is 8.23. The summed E-state index contributed by atoms with van der Waals surface area (Å²) in [5, 5.41) is 2.91. The first-order valence-corrected chi connectivity index (χ1v) is 9.87. The Hall–Kier alpha value is -2.89. The van der Waals surface area contributed by atoms with E-state index in [0.717, 1.165) is 16.8 Å². The highest BCUT2D eigenvalue weighted by Crippen LogP contribution is 2.26. The normalized spacial score (nSPS) is 14.7. The summed E-state index contributed by atoms with van der Waals surface area (Å²) in [5.41, 5.74) is 2.06. The van der Waals surface area contributed by atoms with Crippen molar-refractivity contribution in [3.05, 3.63) is 59.4 Å². The molecule has 1 N–H and O–H groups in total. The van der Waals surface area contributed by atoms with Crippen LogP contribution in [0.2, 0.25) is 0 Å². The van der Waals surface area contributed by atoms with E-state index < -0.39 is 5.41 Å². The van der Waals surface area contributed by atoms with Gasteiger partial charge in [-0.15, -0.1) is 0 Å². The largest absolute Gasteiger partial charge is 0.366 e. The van der Waals surface area contributed by atoms with Gasteiger partial charge in [0.15, 0.2) is 0 Å². The smallest absolute Gasteiger partial charge is 0.239 e. The Balaban J connectivity index is 1.65. The molecular formula is C23H28FN3O2. The van der Waals surface area contributed by atoms with Crippen LogP contribution in [-0.4, -0.2) is 42.9 Å². The van der Waals surface area contributed by atoms with Gasteiger partial charge in [-0.1, -0.05) is 24.3 Å². The zero-order valence-corrected chi connectivity index (χ0v) is 17.5. The minimum atomic E-state index is -1.20. The van der Waals surface area contributed by atoms with Crippen LogP contribution in [0.25, 0.3) is 0 Å². The number of para-hydroxylation sites is 1. The number of amides is 2. The van der Waals surface area contributed by atoms with Gasteiger partial charge < -0.3 is 15.1 Å². The van der Waals surface area contributed by atoms with E-state index in [-0.39, 0.29) is 17.6 Å². The van der Waals surface area contributed by atoms with Crippen molar-refractivity contribution in [1.82, 2.24) is 4.90 Å². The lowest BCUT2D eigenvalue weighted by atomic mass is 9.89. The molecule has 0 atom stereocenters. The van der Waals surface area contributed by atoms with Crippen molar-refractivity contribution in [2.45, 2.75) is 27.7 Å². The molecule has 2 aromatic carbocycles. The first-order chi connectivity index (χ1) is 13.7. The van der Waals surface area contributed by atoms with Crippen molar-refractivity contribution in [3.63, 3.8) is 0 Å². The summed E-state index contributed by atoms with van der Waals surface area (Å²) >= 11 is 0. The molecule has 1 heterocycles. The van der Waals surface area contributed by atoms with E-state index >= 15 is 0 Å². The average Bonchev–Trinajstić information content (AvgIpc) is 2.70. The highest BCUT2D eigenvalue weighted by atomic mass is 19.1. The fourth-order valence-electron chi connectivity index (χ4n) is 3.50. The molecule has 0 bridgehead atoms. The molecule has 1 aliphatic rings. The first kappa shape index (κ1) is 20.8. The minimum Gasteiger partial charge on any atom is -0.366 e. The molecule has 5 nitrogen and oxygen atoms in total. The average molecular weight is 397 g/mol. The third kappa shape index (κ3) is 4.42. The molecule has 29 heavy (non-hydrogen) atoms. The number of hydrogen-bond donors (Lipinski definition) is 1. The summed E-state index contributed by atoms with van der Waals surface area (Å²) in [6.07, 6.45) is 0. The van der Waals surface area contributed by atoms with Crippen molar-refractivity contribution >= 4 is 23.2 Å². The van der Waals surface area contributed by atoms with Crippen molar-refractivity contribution in [1.29, 1.82) is 0 Å². The summed E-state index contributed by atoms with van der Waals surface area (Å²) in [4.78, 5) is 29.6. The molecule has 2 aromatic rings. The molecule has 0 aliphatic carbocycles. The molecule has 0 spiro atoms. The van der Waals surface area contributed by atoms with E-state index in [4.69, 9.17) is 0 Å². The zero-order chi connectivity index (χ0) is 21.2. The molecule has 1 fully saturated rings. The van der Waals surface area contributed by atoms with E-state index in [2.05, 4.69) is 5.32 Å². The van der Waals surface area contributed by atoms with Crippen LogP contribution >= 0.6 is 0 Å². The van der Waals surface area contributed by atoms with E-state index in [1.54, 1.807) is 36.9 Å². The van der Waals surface area contributed by atoms with Crippen LogP contribution in [0.15, 0.2) is 42.5 Å². The van der Waals surface area contributed by atoms with Crippen molar-refractivity contribution in [3.8, 4) is 0 Å². The van der Waals surface area contributed by atoms with E-state index in [1.165, 1.54) is 6.07 Å². The third-order valence-electron chi connectivity index (χ3n) is 5.50. The van der Waals surface area contributed by atoms with Gasteiger partial charge >= 0.3 is 0 Å². The minimum absolute atomic E-state index is 0.214. The fraction of sp³-hybridized carbons (Fsp3) is 0.391. The number of hydrogen-bond acceptors (Lipinski definition) is 3. The number of halogens is 1. The number of aryl methyl sites for hydroxylation is 2. The lowest BCUT2D eigenvalue weighted by Crippen LogP contribution is -2.54. The van der Waals surface area contributed by atoms with Gasteiger partial charge in [0.1, 0.15) is 11.2 Å². The van der Waals surface area contributed by atoms with Gasteiger partial charge in [-0.3, -0.25) is 9.59 Å². The Kier molecular flexibility index (Phi) is 5.91. The Labute approximate surface area is 171 Å². The SMILES string of the molecule is Cc1ccc(C)c(NC(=O)C(C)(C)C(=O)N2CCN(c3ccccc3F)CC2)c1. The monoisotopic (exact) mass is 397 g/mol. The molecule has 0 saturated carbocycles. The Morgan fingerprint density at radius 3 is 2.31 bits per heavy atom. The molecule has 6 heteroatoms. The third-order valence-corrected chi connectivity index (χ3v) is 5.50. The number of piperazine rings is 1. The molecule has 2 amide bonds. The molecule has 1 aliphatic heterocycles. The predicted molar refractivity (Wildman–Crippen MR) is 114 cm³/mol. The van der Waals surface area contributed by atoms with Gasteiger partial charge in [0.25, 0.3) is 0 Å². The highest BCUT2D eigenvalue weighted by molar-refractivity contribution is 6.10. The molecule has 0 aromatic heterocycles. The van der Waals surface area contributed by atoms with Crippen molar-refractivity contribution in [2.75, 3.05) is 36.4 Å². The lowest BCUT2D eigenvalue weighted by Gasteiger charge is -2.39. The number of nitrogens with one attached hydrogen (secondary N) is 1. The Bertz CT molecular complexity index is 918. The van der Waals surface area contributed by atoms with Crippen LogP contribution in [0.1, 0.15) is 25.0 Å². The summed E-state index contributed by atoms with van der Waals surface area (Å²) in [6, 6.07) is 12.5. The number of nitrogens with zero attached hydrogens (tertiary/aromatic N) is 2. The number of rotatable bonds is 4. The summed E-state index contributed by atoms with van der Waals surface area (Å²) < 4.78 is 14.0. The Morgan fingerprint density at radius 2 is 1.66 bits per heavy atom. The summed E-state index contributed by atoms with van der Waals surface area (Å²) in [7, 11) is 0. The maximum atomic E-state index is 14.0. The van der Waals surface area contributed by atoms with Crippen LogP contribution in [0, 0.1) is 25.1 Å². The van der Waals surface area contributed by atoms with Crippen molar-refractivity contribution in [2.24, 2.45) is 5.41 Å². The fourth-order valence-corrected chi connectivity index (χ4v) is 3.50. The second-order valence-corrected chi connectivity index (χ2v) is 8.13. The highest BCUT2D eigenvalue weighted by Gasteiger charge is 2.40. The molecule has 1 saturated heterocycles. The number of anilines is 2. The van der Waals surface area contributed by atoms with Gasteiger partial charge in [0.05, 0.1) is 5.69 Å². The topological polar surface area (TPSA) is 52.7 Å². The molecule has 0 radical (unpaired) electrons. The van der Waals surface area contributed by atoms with Gasteiger partial charge in [0, 0.05) is 31.9 Å². The summed E-state index contributed by atoms with van der Waals surface area (Å²) in [6.45, 7) is 9.15. The standard InChI is InChI=1S/C23H28FN3O2/c1-16-9-10-17(2)19(15-16)25-21(28)23(3,4)22(29)27-13-11-26(12-14-27)20-8-6-5-7-18(20)24/h5-10,15H,11-14H2,1-4H3,(H,25,28). The van der Waals surface area contributed by atoms with Crippen molar-refractivity contribution < 1.29 is 14.0 Å². The molecule has 3 rings (SSSR count). The van der Waals surface area contributed by atoms with Crippen LogP contribution in [0.3, 0.4) is 0 Å². The maximum absolute atomic E-state index is 14.0. The van der Waals surface area contributed by atoms with E-state index in [9.17, 15) is 14.0 Å². The summed E-state index contributed by atoms with van der Waals surface area (Å²) in [5.74, 6) is -0.804. The predicted octanol–water partition coefficient (Wildman–Crippen LogP) is 3.76. The lowest BCUT2D eigenvalue weighted by molar-refractivity contribution is -0.146. The van der Waals surface area contributed by atoms with Crippen LogP contribution in [0.4, 0.5) is 15.8 Å². The quantitative estimate of drug-likeness (QED) is 0.800. The van der Waals surface area contributed by atoms with E-state index in [0.29, 0.717) is 31.9 Å². The van der Waals surface area contributed by atoms with Crippen LogP contribution in [0.5, 0.6) is 0 Å². The van der Waals surface area contributed by atoms with Gasteiger partial charge in [-0.05, 0) is 57.0 Å². The molecule has 154 valence electrons. The van der Waals surface area contributed by atoms with Gasteiger partial charge in [0.2, 0.25) is 11.8 Å². The number of benzene rings is 2. The van der Waals surface area contributed by atoms with Gasteiger partial charge in [-0.25, -0.2) is 4.39 Å².